The van der Waals surface area contributed by atoms with Gasteiger partial charge in [0.05, 0.1) is 15.9 Å². The first-order valence-corrected chi connectivity index (χ1v) is 10.4. The molecule has 9 nitrogen and oxygen atoms in total. The summed E-state index contributed by atoms with van der Waals surface area (Å²) in [4.78, 5) is 24.5. The van der Waals surface area contributed by atoms with Gasteiger partial charge in [-0.2, -0.15) is 4.31 Å². The second kappa shape index (κ2) is 8.22. The van der Waals surface area contributed by atoms with Crippen molar-refractivity contribution >= 4 is 27.3 Å². The first kappa shape index (κ1) is 21.1. The lowest BCUT2D eigenvalue weighted by Gasteiger charge is -2.21. The third-order valence-corrected chi connectivity index (χ3v) is 6.70. The van der Waals surface area contributed by atoms with Crippen molar-refractivity contribution in [3.8, 4) is 0 Å². The van der Waals surface area contributed by atoms with Crippen LogP contribution in [0, 0.1) is 10.1 Å². The fourth-order valence-corrected chi connectivity index (χ4v) is 4.68. The molecule has 0 aliphatic carbocycles. The Labute approximate surface area is 159 Å². The van der Waals surface area contributed by atoms with Crippen LogP contribution >= 0.6 is 0 Å². The lowest BCUT2D eigenvalue weighted by molar-refractivity contribution is -0.384. The summed E-state index contributed by atoms with van der Waals surface area (Å²) in [6.45, 7) is 8.26. The number of hydrogen-bond acceptors (Lipinski definition) is 6. The van der Waals surface area contributed by atoms with Crippen LogP contribution in [0.2, 0.25) is 0 Å². The maximum Gasteiger partial charge on any atom is 0.293 e. The summed E-state index contributed by atoms with van der Waals surface area (Å²) in [5.41, 5.74) is -0.111. The zero-order valence-corrected chi connectivity index (χ0v) is 16.8. The molecule has 1 aliphatic heterocycles. The van der Waals surface area contributed by atoms with Gasteiger partial charge in [-0.05, 0) is 26.0 Å². The molecule has 1 saturated heterocycles. The number of carbonyl (C=O) groups is 1. The number of anilines is 1. The predicted molar refractivity (Wildman–Crippen MR) is 102 cm³/mol. The van der Waals surface area contributed by atoms with E-state index < -0.39 is 14.9 Å². The highest BCUT2D eigenvalue weighted by Crippen LogP contribution is 2.31. The van der Waals surface area contributed by atoms with E-state index in [4.69, 9.17) is 0 Å². The van der Waals surface area contributed by atoms with E-state index in [0.29, 0.717) is 6.54 Å². The fourth-order valence-electron chi connectivity index (χ4n) is 3.20. The van der Waals surface area contributed by atoms with Crippen LogP contribution < -0.4 is 5.32 Å². The van der Waals surface area contributed by atoms with Crippen molar-refractivity contribution in [1.82, 2.24) is 9.21 Å². The normalized spacial score (nSPS) is 17.8. The zero-order valence-electron chi connectivity index (χ0n) is 16.0. The molecule has 2 rings (SSSR count). The maximum absolute atomic E-state index is 12.6. The third-order valence-electron chi connectivity index (χ3n) is 4.65. The van der Waals surface area contributed by atoms with Crippen LogP contribution in [0.4, 0.5) is 11.4 Å². The number of hydrogen-bond donors (Lipinski definition) is 1. The fraction of sp³-hybridized carbons (Fsp3) is 0.588. The molecule has 0 aromatic heterocycles. The van der Waals surface area contributed by atoms with E-state index in [9.17, 15) is 23.3 Å². The highest BCUT2D eigenvalue weighted by Gasteiger charge is 2.33. The molecule has 150 valence electrons. The van der Waals surface area contributed by atoms with E-state index >= 15 is 0 Å². The number of amides is 1. The van der Waals surface area contributed by atoms with E-state index in [-0.39, 0.29) is 53.8 Å². The van der Waals surface area contributed by atoms with Crippen molar-refractivity contribution in [2.75, 3.05) is 25.0 Å². The van der Waals surface area contributed by atoms with Gasteiger partial charge in [0.25, 0.3) is 5.69 Å². The Morgan fingerprint density at radius 2 is 1.96 bits per heavy atom. The van der Waals surface area contributed by atoms with Gasteiger partial charge in [0.2, 0.25) is 15.9 Å². The van der Waals surface area contributed by atoms with Crippen molar-refractivity contribution < 1.29 is 18.1 Å². The molecule has 1 N–H and O–H groups in total. The van der Waals surface area contributed by atoms with Crippen molar-refractivity contribution in [3.05, 3.63) is 28.3 Å². The summed E-state index contributed by atoms with van der Waals surface area (Å²) in [6.07, 6.45) is 0.245. The van der Waals surface area contributed by atoms with Crippen LogP contribution in [0.15, 0.2) is 23.1 Å². The van der Waals surface area contributed by atoms with Crippen molar-refractivity contribution in [2.45, 2.75) is 51.1 Å². The summed E-state index contributed by atoms with van der Waals surface area (Å²) in [5, 5.41) is 14.5. The number of nitro benzene ring substituents is 1. The summed E-state index contributed by atoms with van der Waals surface area (Å²) >= 11 is 0. The molecule has 0 saturated carbocycles. The highest BCUT2D eigenvalue weighted by atomic mass is 32.2. The van der Waals surface area contributed by atoms with E-state index in [1.807, 2.05) is 13.8 Å². The minimum absolute atomic E-state index is 0.00844. The van der Waals surface area contributed by atoms with Gasteiger partial charge < -0.3 is 10.2 Å². The highest BCUT2D eigenvalue weighted by molar-refractivity contribution is 7.89. The molecular formula is C17H26N4O5S. The number of rotatable bonds is 8. The molecule has 10 heteroatoms. The van der Waals surface area contributed by atoms with Gasteiger partial charge in [-0.3, -0.25) is 14.9 Å². The van der Waals surface area contributed by atoms with Crippen molar-refractivity contribution in [3.63, 3.8) is 0 Å². The molecule has 1 aromatic carbocycles. The van der Waals surface area contributed by atoms with E-state index in [2.05, 4.69) is 5.32 Å². The molecule has 1 aliphatic rings. The SMILES string of the molecule is CCN(CC)S(=O)(=O)c1ccc(N[C@H]2CC(=O)N(C(C)C)C2)c([N+](=O)[O-])c1. The van der Waals surface area contributed by atoms with Crippen molar-refractivity contribution in [2.24, 2.45) is 0 Å². The molecule has 1 aromatic rings. The number of carbonyl (C=O) groups excluding carboxylic acids is 1. The molecule has 0 spiro atoms. The van der Waals surface area contributed by atoms with Crippen LogP contribution in [0.3, 0.4) is 0 Å². The number of nitrogens with one attached hydrogen (secondary N) is 1. The van der Waals surface area contributed by atoms with Gasteiger partial charge in [-0.25, -0.2) is 8.42 Å². The molecule has 0 unspecified atom stereocenters. The van der Waals surface area contributed by atoms with E-state index in [1.54, 1.807) is 18.7 Å². The van der Waals surface area contributed by atoms with Crippen LogP contribution in [0.5, 0.6) is 0 Å². The smallest absolute Gasteiger partial charge is 0.293 e. The molecular weight excluding hydrogens is 372 g/mol. The van der Waals surface area contributed by atoms with Crippen LogP contribution in [0.1, 0.15) is 34.1 Å². The third kappa shape index (κ3) is 4.38. The Balaban J connectivity index is 2.32. The summed E-state index contributed by atoms with van der Waals surface area (Å²) in [7, 11) is -3.79. The molecule has 1 amide bonds. The Morgan fingerprint density at radius 3 is 2.44 bits per heavy atom. The standard InChI is InChI=1S/C17H26N4O5S/c1-5-19(6-2)27(25,26)14-7-8-15(16(10-14)21(23)24)18-13-9-17(22)20(11-13)12(3)4/h7-8,10,12-13,18H,5-6,9,11H2,1-4H3/t13-/m0/s1. The number of sulfonamides is 1. The number of likely N-dealkylation sites (tertiary alicyclic amines) is 1. The first-order valence-electron chi connectivity index (χ1n) is 8.96. The van der Waals surface area contributed by atoms with E-state index in [0.717, 1.165) is 6.07 Å². The van der Waals surface area contributed by atoms with Gasteiger partial charge in [-0.15, -0.1) is 0 Å². The quantitative estimate of drug-likeness (QED) is 0.530. The summed E-state index contributed by atoms with van der Waals surface area (Å²) in [5.74, 6) is -0.00844. The summed E-state index contributed by atoms with van der Waals surface area (Å²) in [6, 6.07) is 3.63. The second-order valence-electron chi connectivity index (χ2n) is 6.71. The first-order chi connectivity index (χ1) is 12.6. The van der Waals surface area contributed by atoms with Gasteiger partial charge in [-0.1, -0.05) is 13.8 Å². The van der Waals surface area contributed by atoms with Gasteiger partial charge in [0.1, 0.15) is 5.69 Å². The maximum atomic E-state index is 12.6. The predicted octanol–water partition coefficient (Wildman–Crippen LogP) is 2.05. The largest absolute Gasteiger partial charge is 0.374 e. The van der Waals surface area contributed by atoms with Crippen LogP contribution in [0.25, 0.3) is 0 Å². The van der Waals surface area contributed by atoms with E-state index in [1.165, 1.54) is 16.4 Å². The molecule has 1 atom stereocenters. The summed E-state index contributed by atoms with van der Waals surface area (Å²) < 4.78 is 26.5. The minimum atomic E-state index is -3.79. The molecule has 1 fully saturated rings. The number of nitro groups is 1. The lowest BCUT2D eigenvalue weighted by atomic mass is 10.2. The number of benzene rings is 1. The monoisotopic (exact) mass is 398 g/mol. The molecule has 1 heterocycles. The van der Waals surface area contributed by atoms with Gasteiger partial charge in [0, 0.05) is 38.2 Å². The Kier molecular flexibility index (Phi) is 6.42. The molecule has 0 bridgehead atoms. The van der Waals surface area contributed by atoms with Gasteiger partial charge >= 0.3 is 0 Å². The molecule has 27 heavy (non-hydrogen) atoms. The Morgan fingerprint density at radius 1 is 1.33 bits per heavy atom. The lowest BCUT2D eigenvalue weighted by Crippen LogP contribution is -2.33. The average Bonchev–Trinajstić information content (AvgIpc) is 2.96. The Hall–Kier alpha value is -2.20. The molecule has 0 radical (unpaired) electrons. The van der Waals surface area contributed by atoms with Crippen LogP contribution in [-0.2, 0) is 14.8 Å². The second-order valence-corrected chi connectivity index (χ2v) is 8.65. The zero-order chi connectivity index (χ0) is 20.4. The van der Waals surface area contributed by atoms with Crippen molar-refractivity contribution in [1.29, 1.82) is 0 Å². The Bertz CT molecular complexity index is 821. The van der Waals surface area contributed by atoms with Crippen LogP contribution in [-0.4, -0.2) is 60.2 Å². The average molecular weight is 398 g/mol. The van der Waals surface area contributed by atoms with Gasteiger partial charge in [0.15, 0.2) is 0 Å². The minimum Gasteiger partial charge on any atom is -0.374 e. The number of nitrogens with zero attached hydrogens (tertiary/aromatic N) is 3. The topological polar surface area (TPSA) is 113 Å².